The summed E-state index contributed by atoms with van der Waals surface area (Å²) in [6.07, 6.45) is 2.16. The summed E-state index contributed by atoms with van der Waals surface area (Å²) in [6, 6.07) is 23.4. The topological polar surface area (TPSA) is 43.3 Å². The molecule has 4 aromatic rings. The number of carbonyl (C=O) groups is 1. The molecule has 31 heavy (non-hydrogen) atoms. The van der Waals surface area contributed by atoms with Crippen LogP contribution in [0.4, 0.5) is 0 Å². The highest BCUT2D eigenvalue weighted by molar-refractivity contribution is 7.98. The van der Waals surface area contributed by atoms with E-state index in [1.54, 1.807) is 43.1 Å². The van der Waals surface area contributed by atoms with Gasteiger partial charge in [-0.3, -0.25) is 4.79 Å². The fourth-order valence-electron chi connectivity index (χ4n) is 3.42. The molecule has 6 heteroatoms. The van der Waals surface area contributed by atoms with Crippen molar-refractivity contribution in [3.63, 3.8) is 0 Å². The van der Waals surface area contributed by atoms with Crippen LogP contribution in [-0.4, -0.2) is 24.1 Å². The van der Waals surface area contributed by atoms with Gasteiger partial charge in [-0.15, -0.1) is 11.8 Å². The van der Waals surface area contributed by atoms with E-state index in [2.05, 4.69) is 40.3 Å². The molecule has 1 N–H and O–H groups in total. The second-order valence-electron chi connectivity index (χ2n) is 7.07. The summed E-state index contributed by atoms with van der Waals surface area (Å²) in [5.74, 6) is 1.45. The van der Waals surface area contributed by atoms with Crippen LogP contribution in [0.5, 0.6) is 5.75 Å². The minimum absolute atomic E-state index is 0.0903. The Morgan fingerprint density at radius 2 is 1.77 bits per heavy atom. The lowest BCUT2D eigenvalue weighted by Crippen LogP contribution is -2.27. The highest BCUT2D eigenvalue weighted by atomic mass is 35.5. The van der Waals surface area contributed by atoms with Crippen LogP contribution < -0.4 is 10.1 Å². The first kappa shape index (κ1) is 21.3. The van der Waals surface area contributed by atoms with Crippen LogP contribution in [0.3, 0.4) is 0 Å². The van der Waals surface area contributed by atoms with Crippen molar-refractivity contribution in [2.24, 2.45) is 0 Å². The second kappa shape index (κ2) is 9.94. The third kappa shape index (κ3) is 5.06. The van der Waals surface area contributed by atoms with E-state index in [9.17, 15) is 4.79 Å². The molecule has 0 aliphatic carbocycles. The van der Waals surface area contributed by atoms with Gasteiger partial charge in [-0.25, -0.2) is 0 Å². The van der Waals surface area contributed by atoms with Crippen molar-refractivity contribution in [2.75, 3.05) is 13.7 Å². The lowest BCUT2D eigenvalue weighted by atomic mass is 10.2. The number of nitrogens with one attached hydrogen (secondary N) is 1. The molecule has 0 fully saturated rings. The van der Waals surface area contributed by atoms with E-state index in [0.29, 0.717) is 18.7 Å². The Labute approximate surface area is 191 Å². The van der Waals surface area contributed by atoms with Gasteiger partial charge < -0.3 is 14.6 Å². The number of carbonyl (C=O) groups excluding carboxylic acids is 1. The van der Waals surface area contributed by atoms with Gasteiger partial charge in [-0.1, -0.05) is 48.0 Å². The van der Waals surface area contributed by atoms with Crippen LogP contribution in [0, 0.1) is 0 Å². The molecular weight excluding hydrogens is 428 g/mol. The number of methoxy groups -OCH3 is 1. The molecule has 0 aliphatic rings. The molecule has 0 atom stereocenters. The van der Waals surface area contributed by atoms with Crippen LogP contribution >= 0.6 is 23.4 Å². The molecule has 1 heterocycles. The number of halogens is 1. The van der Waals surface area contributed by atoms with Crippen LogP contribution in [-0.2, 0) is 12.3 Å². The maximum absolute atomic E-state index is 12.4. The SMILES string of the molecule is COc1ccc(C(=O)NCCn2cc(SCc3ccccc3Cl)c3ccccc32)cc1. The monoisotopic (exact) mass is 450 g/mol. The molecule has 3 aromatic carbocycles. The molecule has 4 nitrogen and oxygen atoms in total. The van der Waals surface area contributed by atoms with Crippen LogP contribution in [0.2, 0.25) is 5.02 Å². The maximum Gasteiger partial charge on any atom is 0.251 e. The first-order valence-electron chi connectivity index (χ1n) is 10.0. The molecule has 0 radical (unpaired) electrons. The standard InChI is InChI=1S/C25H23ClN2O2S/c1-30-20-12-10-18(11-13-20)25(29)27-14-15-28-16-24(21-7-3-5-9-23(21)28)31-17-19-6-2-4-8-22(19)26/h2-13,16H,14-15,17H2,1H3,(H,27,29). The number of para-hydroxylation sites is 1. The predicted octanol–water partition coefficient (Wildman–Crippen LogP) is 6.03. The lowest BCUT2D eigenvalue weighted by molar-refractivity contribution is 0.0952. The largest absolute Gasteiger partial charge is 0.497 e. The van der Waals surface area contributed by atoms with E-state index in [4.69, 9.17) is 16.3 Å². The van der Waals surface area contributed by atoms with Crippen LogP contribution in [0.1, 0.15) is 15.9 Å². The highest BCUT2D eigenvalue weighted by Gasteiger charge is 2.11. The fraction of sp³-hybridized carbons (Fsp3) is 0.160. The van der Waals surface area contributed by atoms with E-state index >= 15 is 0 Å². The molecule has 1 aromatic heterocycles. The minimum atomic E-state index is -0.0903. The van der Waals surface area contributed by atoms with Gasteiger partial charge in [0.05, 0.1) is 7.11 Å². The van der Waals surface area contributed by atoms with Gasteiger partial charge in [-0.05, 0) is 42.0 Å². The Hall–Kier alpha value is -2.89. The molecule has 0 bridgehead atoms. The summed E-state index contributed by atoms with van der Waals surface area (Å²) >= 11 is 8.09. The zero-order valence-electron chi connectivity index (χ0n) is 17.2. The number of benzene rings is 3. The zero-order valence-corrected chi connectivity index (χ0v) is 18.7. The first-order valence-corrected chi connectivity index (χ1v) is 11.4. The molecule has 158 valence electrons. The third-order valence-corrected chi connectivity index (χ3v) is 6.54. The smallest absolute Gasteiger partial charge is 0.251 e. The normalized spacial score (nSPS) is 10.9. The van der Waals surface area contributed by atoms with Crippen molar-refractivity contribution in [3.05, 3.63) is 95.1 Å². The molecule has 0 spiro atoms. The molecule has 0 saturated carbocycles. The van der Waals surface area contributed by atoms with E-state index in [-0.39, 0.29) is 5.91 Å². The van der Waals surface area contributed by atoms with E-state index < -0.39 is 0 Å². The van der Waals surface area contributed by atoms with E-state index in [1.165, 1.54) is 10.3 Å². The summed E-state index contributed by atoms with van der Waals surface area (Å²) in [4.78, 5) is 13.6. The Balaban J connectivity index is 1.43. The maximum atomic E-state index is 12.4. The van der Waals surface area contributed by atoms with Gasteiger partial charge >= 0.3 is 0 Å². The van der Waals surface area contributed by atoms with Crippen LogP contribution in [0.25, 0.3) is 10.9 Å². The number of aromatic nitrogens is 1. The number of hydrogen-bond donors (Lipinski definition) is 1. The van der Waals surface area contributed by atoms with Crippen molar-refractivity contribution in [2.45, 2.75) is 17.2 Å². The van der Waals surface area contributed by atoms with Crippen molar-refractivity contribution in [3.8, 4) is 5.75 Å². The number of amides is 1. The van der Waals surface area contributed by atoms with Crippen molar-refractivity contribution in [1.29, 1.82) is 0 Å². The molecule has 4 rings (SSSR count). The van der Waals surface area contributed by atoms with Gasteiger partial charge in [0.1, 0.15) is 5.75 Å². The summed E-state index contributed by atoms with van der Waals surface area (Å²) < 4.78 is 7.33. The average Bonchev–Trinajstić information content (AvgIpc) is 3.16. The van der Waals surface area contributed by atoms with Gasteiger partial charge in [-0.2, -0.15) is 0 Å². The number of thioether (sulfide) groups is 1. The Morgan fingerprint density at radius 1 is 1.03 bits per heavy atom. The highest BCUT2D eigenvalue weighted by Crippen LogP contribution is 2.33. The summed E-state index contributed by atoms with van der Waals surface area (Å²) in [5.41, 5.74) is 2.90. The molecular formula is C25H23ClN2O2S. The molecule has 0 saturated heterocycles. The van der Waals surface area contributed by atoms with E-state index in [1.807, 2.05) is 24.3 Å². The number of fused-ring (bicyclic) bond motifs is 1. The average molecular weight is 451 g/mol. The second-order valence-corrected chi connectivity index (χ2v) is 8.49. The third-order valence-electron chi connectivity index (χ3n) is 5.08. The quantitative estimate of drug-likeness (QED) is 0.333. The zero-order chi connectivity index (χ0) is 21.6. The van der Waals surface area contributed by atoms with Gasteiger partial charge in [0.15, 0.2) is 0 Å². The number of ether oxygens (including phenoxy) is 1. The van der Waals surface area contributed by atoms with Gasteiger partial charge in [0.25, 0.3) is 5.91 Å². The van der Waals surface area contributed by atoms with Crippen molar-refractivity contribution in [1.82, 2.24) is 9.88 Å². The molecule has 1 amide bonds. The minimum Gasteiger partial charge on any atom is -0.497 e. The lowest BCUT2D eigenvalue weighted by Gasteiger charge is -2.08. The van der Waals surface area contributed by atoms with Crippen LogP contribution in [0.15, 0.2) is 83.9 Å². The van der Waals surface area contributed by atoms with E-state index in [0.717, 1.165) is 27.6 Å². The van der Waals surface area contributed by atoms with Crippen molar-refractivity contribution >= 4 is 40.2 Å². The Kier molecular flexibility index (Phi) is 6.85. The molecule has 0 aliphatic heterocycles. The summed E-state index contributed by atoms with van der Waals surface area (Å²) in [7, 11) is 1.61. The Morgan fingerprint density at radius 3 is 2.55 bits per heavy atom. The van der Waals surface area contributed by atoms with Gasteiger partial charge in [0, 0.05) is 51.4 Å². The summed E-state index contributed by atoms with van der Waals surface area (Å²) in [5, 5.41) is 5.00. The molecule has 0 unspecified atom stereocenters. The predicted molar refractivity (Wildman–Crippen MR) is 128 cm³/mol. The van der Waals surface area contributed by atoms with Gasteiger partial charge in [0.2, 0.25) is 0 Å². The fourth-order valence-corrected chi connectivity index (χ4v) is 4.79. The van der Waals surface area contributed by atoms with Crippen molar-refractivity contribution < 1.29 is 9.53 Å². The number of hydrogen-bond acceptors (Lipinski definition) is 3. The summed E-state index contributed by atoms with van der Waals surface area (Å²) in [6.45, 7) is 1.23. The number of nitrogens with zero attached hydrogens (tertiary/aromatic N) is 1. The first-order chi connectivity index (χ1) is 15.2. The number of rotatable bonds is 8. The Bertz CT molecular complexity index is 1190.